The van der Waals surface area contributed by atoms with Crippen LogP contribution in [0, 0.1) is 0 Å². The molecule has 1 unspecified atom stereocenters. The highest BCUT2D eigenvalue weighted by Crippen LogP contribution is 2.28. The molecule has 0 aliphatic rings. The zero-order valence-electron chi connectivity index (χ0n) is 9.41. The fourth-order valence-corrected chi connectivity index (χ4v) is 2.50. The maximum absolute atomic E-state index is 11.3. The van der Waals surface area contributed by atoms with E-state index >= 15 is 0 Å². The molecule has 0 spiro atoms. The van der Waals surface area contributed by atoms with Crippen LogP contribution in [0.1, 0.15) is 31.9 Å². The molecular weight excluding hydrogens is 289 g/mol. The van der Waals surface area contributed by atoms with Gasteiger partial charge < -0.3 is 4.90 Å². The van der Waals surface area contributed by atoms with E-state index in [-0.39, 0.29) is 6.04 Å². The van der Waals surface area contributed by atoms with Crippen LogP contribution in [-0.4, -0.2) is 16.8 Å². The third kappa shape index (κ3) is 3.22. The predicted molar refractivity (Wildman–Crippen MR) is 70.8 cm³/mol. The van der Waals surface area contributed by atoms with E-state index in [2.05, 4.69) is 15.9 Å². The molecule has 0 heterocycles. The van der Waals surface area contributed by atoms with Crippen LogP contribution in [0.5, 0.6) is 0 Å². The first-order valence-electron chi connectivity index (χ1n) is 5.28. The van der Waals surface area contributed by atoms with Gasteiger partial charge in [-0.3, -0.25) is 4.79 Å². The van der Waals surface area contributed by atoms with Crippen LogP contribution in [-0.2, 0) is 0 Å². The second kappa shape index (κ2) is 6.26. The van der Waals surface area contributed by atoms with Gasteiger partial charge in [0.25, 0.3) is 0 Å². The molecule has 0 N–H and O–H groups in total. The largest absolute Gasteiger partial charge is 0.322 e. The number of benzene rings is 1. The Balaban J connectivity index is 2.94. The standard InChI is InChI=1S/C12H15BrClNO/c1-3-8-15(12(14)16)9(2)10-6-4-5-7-11(10)13/h4-7,9H,3,8H2,1-2H3. The van der Waals surface area contributed by atoms with E-state index in [1.54, 1.807) is 4.90 Å². The highest BCUT2D eigenvalue weighted by atomic mass is 79.9. The Labute approximate surface area is 110 Å². The zero-order valence-corrected chi connectivity index (χ0v) is 11.8. The smallest absolute Gasteiger partial charge is 0.316 e. The Morgan fingerprint density at radius 3 is 2.62 bits per heavy atom. The summed E-state index contributed by atoms with van der Waals surface area (Å²) in [4.78, 5) is 13.0. The molecule has 1 rings (SSSR count). The number of carbonyl (C=O) groups is 1. The van der Waals surface area contributed by atoms with Gasteiger partial charge in [-0.05, 0) is 36.6 Å². The van der Waals surface area contributed by atoms with E-state index in [1.165, 1.54) is 0 Å². The molecule has 0 radical (unpaired) electrons. The third-order valence-electron chi connectivity index (χ3n) is 2.51. The lowest BCUT2D eigenvalue weighted by atomic mass is 10.1. The van der Waals surface area contributed by atoms with Gasteiger partial charge in [-0.25, -0.2) is 0 Å². The molecule has 16 heavy (non-hydrogen) atoms. The van der Waals surface area contributed by atoms with Crippen molar-refractivity contribution in [2.45, 2.75) is 26.3 Å². The van der Waals surface area contributed by atoms with Crippen LogP contribution in [0.15, 0.2) is 28.7 Å². The van der Waals surface area contributed by atoms with Crippen molar-refractivity contribution in [3.05, 3.63) is 34.3 Å². The first kappa shape index (κ1) is 13.5. The number of amides is 1. The van der Waals surface area contributed by atoms with Crippen molar-refractivity contribution in [2.24, 2.45) is 0 Å². The number of nitrogens with zero attached hydrogens (tertiary/aromatic N) is 1. The van der Waals surface area contributed by atoms with Crippen molar-refractivity contribution in [1.29, 1.82) is 0 Å². The molecule has 0 fully saturated rings. The fraction of sp³-hybridized carbons (Fsp3) is 0.417. The minimum Gasteiger partial charge on any atom is -0.322 e. The highest BCUT2D eigenvalue weighted by Gasteiger charge is 2.20. The van der Waals surface area contributed by atoms with Gasteiger partial charge in [0.05, 0.1) is 6.04 Å². The average molecular weight is 305 g/mol. The van der Waals surface area contributed by atoms with Crippen LogP contribution in [0.4, 0.5) is 4.79 Å². The monoisotopic (exact) mass is 303 g/mol. The first-order chi connectivity index (χ1) is 7.57. The summed E-state index contributed by atoms with van der Waals surface area (Å²) in [6.07, 6.45) is 0.896. The summed E-state index contributed by atoms with van der Waals surface area (Å²) >= 11 is 9.08. The average Bonchev–Trinajstić information content (AvgIpc) is 2.25. The molecule has 0 aromatic heterocycles. The lowest BCUT2D eigenvalue weighted by Crippen LogP contribution is -2.30. The minimum atomic E-state index is -0.398. The molecule has 0 saturated carbocycles. The van der Waals surface area contributed by atoms with E-state index in [1.807, 2.05) is 38.1 Å². The van der Waals surface area contributed by atoms with E-state index in [9.17, 15) is 4.79 Å². The summed E-state index contributed by atoms with van der Waals surface area (Å²) in [5.41, 5.74) is 1.07. The Morgan fingerprint density at radius 2 is 2.12 bits per heavy atom. The third-order valence-corrected chi connectivity index (χ3v) is 3.45. The highest BCUT2D eigenvalue weighted by molar-refractivity contribution is 9.10. The second-order valence-electron chi connectivity index (χ2n) is 3.64. The normalized spacial score (nSPS) is 12.2. The van der Waals surface area contributed by atoms with Crippen molar-refractivity contribution in [2.75, 3.05) is 6.54 Å². The quantitative estimate of drug-likeness (QED) is 0.589. The SMILES string of the molecule is CCCN(C(=O)Cl)C(C)c1ccccc1Br. The summed E-state index contributed by atoms with van der Waals surface area (Å²) in [5, 5.41) is -0.398. The molecule has 4 heteroatoms. The minimum absolute atomic E-state index is 0.0134. The van der Waals surface area contributed by atoms with Gasteiger partial charge >= 0.3 is 5.37 Å². The lowest BCUT2D eigenvalue weighted by Gasteiger charge is -2.27. The van der Waals surface area contributed by atoms with Gasteiger partial charge in [0, 0.05) is 11.0 Å². The Hall–Kier alpha value is -0.540. The number of hydrogen-bond acceptors (Lipinski definition) is 1. The predicted octanol–water partition coefficient (Wildman–Crippen LogP) is 4.58. The maximum atomic E-state index is 11.3. The van der Waals surface area contributed by atoms with E-state index in [4.69, 9.17) is 11.6 Å². The molecular formula is C12H15BrClNO. The molecule has 88 valence electrons. The Kier molecular flexibility index (Phi) is 5.29. The van der Waals surface area contributed by atoms with Gasteiger partial charge in [0.1, 0.15) is 0 Å². The van der Waals surface area contributed by atoms with Crippen molar-refractivity contribution in [1.82, 2.24) is 4.90 Å². The number of rotatable bonds is 4. The van der Waals surface area contributed by atoms with Crippen molar-refractivity contribution < 1.29 is 4.79 Å². The van der Waals surface area contributed by atoms with Crippen molar-refractivity contribution in [3.63, 3.8) is 0 Å². The van der Waals surface area contributed by atoms with Crippen molar-refractivity contribution in [3.8, 4) is 0 Å². The van der Waals surface area contributed by atoms with Gasteiger partial charge in [0.15, 0.2) is 0 Å². The van der Waals surface area contributed by atoms with Crippen LogP contribution < -0.4 is 0 Å². The summed E-state index contributed by atoms with van der Waals surface area (Å²) in [6.45, 7) is 4.68. The van der Waals surface area contributed by atoms with Gasteiger partial charge in [-0.15, -0.1) is 0 Å². The zero-order chi connectivity index (χ0) is 12.1. The molecule has 1 amide bonds. The second-order valence-corrected chi connectivity index (χ2v) is 4.82. The Morgan fingerprint density at radius 1 is 1.50 bits per heavy atom. The van der Waals surface area contributed by atoms with Gasteiger partial charge in [0.2, 0.25) is 0 Å². The lowest BCUT2D eigenvalue weighted by molar-refractivity contribution is 0.203. The Bertz CT molecular complexity index is 370. The summed E-state index contributed by atoms with van der Waals surface area (Å²) in [5.74, 6) is 0. The summed E-state index contributed by atoms with van der Waals surface area (Å²) in [6, 6.07) is 7.86. The summed E-state index contributed by atoms with van der Waals surface area (Å²) < 4.78 is 1.00. The van der Waals surface area contributed by atoms with Gasteiger partial charge in [-0.2, -0.15) is 0 Å². The van der Waals surface area contributed by atoms with E-state index in [0.29, 0.717) is 6.54 Å². The van der Waals surface area contributed by atoms with Crippen LogP contribution in [0.2, 0.25) is 0 Å². The molecule has 0 aliphatic heterocycles. The number of halogens is 2. The molecule has 2 nitrogen and oxygen atoms in total. The van der Waals surface area contributed by atoms with E-state index < -0.39 is 5.37 Å². The molecule has 1 aromatic rings. The van der Waals surface area contributed by atoms with Crippen LogP contribution >= 0.6 is 27.5 Å². The van der Waals surface area contributed by atoms with E-state index in [0.717, 1.165) is 16.5 Å². The van der Waals surface area contributed by atoms with Crippen LogP contribution in [0.3, 0.4) is 0 Å². The van der Waals surface area contributed by atoms with Gasteiger partial charge in [-0.1, -0.05) is 41.1 Å². The molecule has 0 bridgehead atoms. The fourth-order valence-electron chi connectivity index (χ4n) is 1.66. The maximum Gasteiger partial charge on any atom is 0.316 e. The van der Waals surface area contributed by atoms with Crippen LogP contribution in [0.25, 0.3) is 0 Å². The molecule has 1 atom stereocenters. The summed E-state index contributed by atoms with van der Waals surface area (Å²) in [7, 11) is 0. The van der Waals surface area contributed by atoms with Crippen molar-refractivity contribution >= 4 is 32.9 Å². The topological polar surface area (TPSA) is 20.3 Å². The first-order valence-corrected chi connectivity index (χ1v) is 6.45. The molecule has 0 aliphatic carbocycles. The number of carbonyl (C=O) groups excluding carboxylic acids is 1. The molecule has 1 aromatic carbocycles. The molecule has 0 saturated heterocycles. The number of hydrogen-bond donors (Lipinski definition) is 0.